The van der Waals surface area contributed by atoms with Gasteiger partial charge in [0.2, 0.25) is 0 Å². The molecule has 0 saturated heterocycles. The summed E-state index contributed by atoms with van der Waals surface area (Å²) in [5, 5.41) is 0. The summed E-state index contributed by atoms with van der Waals surface area (Å²) in [6.07, 6.45) is 13.9. The van der Waals surface area contributed by atoms with E-state index < -0.39 is 5.97 Å². The van der Waals surface area contributed by atoms with Gasteiger partial charge in [0.1, 0.15) is 5.92 Å². The highest BCUT2D eigenvalue weighted by Crippen LogP contribution is 2.28. The van der Waals surface area contributed by atoms with Gasteiger partial charge < -0.3 is 14.2 Å². The van der Waals surface area contributed by atoms with E-state index in [2.05, 4.69) is 12.8 Å². The Bertz CT molecular complexity index is 220. The monoisotopic (exact) mass is 256 g/mol. The highest BCUT2D eigenvalue weighted by Gasteiger charge is 2.38. The lowest BCUT2D eigenvalue weighted by molar-refractivity contribution is -0.370. The van der Waals surface area contributed by atoms with Crippen molar-refractivity contribution in [2.24, 2.45) is 5.92 Å². The van der Waals surface area contributed by atoms with Crippen LogP contribution in [0.1, 0.15) is 51.9 Å². The molecule has 0 amide bonds. The molecule has 3 heteroatoms. The summed E-state index contributed by atoms with van der Waals surface area (Å²) in [7, 11) is 4.66. The molecule has 0 aromatic carbocycles. The van der Waals surface area contributed by atoms with Gasteiger partial charge in [-0.3, -0.25) is 0 Å². The Hall–Kier alpha value is -0.560. The van der Waals surface area contributed by atoms with E-state index in [1.165, 1.54) is 32.1 Å². The summed E-state index contributed by atoms with van der Waals surface area (Å²) in [4.78, 5) is 0. The third-order valence-electron chi connectivity index (χ3n) is 3.33. The second kappa shape index (κ2) is 10.4. The predicted octanol–water partition coefficient (Wildman–Crippen LogP) is 3.58. The molecule has 106 valence electrons. The maximum absolute atomic E-state index is 5.56. The maximum atomic E-state index is 5.56. The fraction of sp³-hybridized carbons (Fsp3) is 0.867. The lowest BCUT2D eigenvalue weighted by atomic mass is 9.98. The van der Waals surface area contributed by atoms with Crippen molar-refractivity contribution in [3.63, 3.8) is 0 Å². The largest absolute Gasteiger partial charge is 0.330 e. The fourth-order valence-electron chi connectivity index (χ4n) is 2.17. The third-order valence-corrected chi connectivity index (χ3v) is 3.33. The number of ether oxygens (including phenoxy) is 3. The van der Waals surface area contributed by atoms with E-state index in [9.17, 15) is 0 Å². The van der Waals surface area contributed by atoms with Crippen LogP contribution in [0.4, 0.5) is 0 Å². The summed E-state index contributed by atoms with van der Waals surface area (Å²) in [5.41, 5.74) is 0. The molecular formula is C15H28O3. The number of hydrogen-bond donors (Lipinski definition) is 0. The molecule has 0 N–H and O–H groups in total. The zero-order chi connectivity index (χ0) is 13.9. The van der Waals surface area contributed by atoms with Gasteiger partial charge in [-0.15, -0.1) is 6.42 Å². The molecule has 18 heavy (non-hydrogen) atoms. The molecule has 0 aliphatic rings. The van der Waals surface area contributed by atoms with Crippen molar-refractivity contribution in [3.05, 3.63) is 0 Å². The number of terminal acetylenes is 1. The van der Waals surface area contributed by atoms with E-state index >= 15 is 0 Å². The Balaban J connectivity index is 4.07. The number of hydrogen-bond acceptors (Lipinski definition) is 3. The Morgan fingerprint density at radius 3 is 1.89 bits per heavy atom. The molecule has 0 rings (SSSR count). The SMILES string of the molecule is C#CC(CCCCCCCC)C(OC)(OC)OC. The topological polar surface area (TPSA) is 27.7 Å². The first-order chi connectivity index (χ1) is 8.70. The summed E-state index contributed by atoms with van der Waals surface area (Å²) in [6, 6.07) is 0. The first-order valence-electron chi connectivity index (χ1n) is 6.82. The molecule has 1 atom stereocenters. The molecule has 0 aliphatic carbocycles. The molecule has 1 unspecified atom stereocenters. The van der Waals surface area contributed by atoms with Crippen molar-refractivity contribution in [1.82, 2.24) is 0 Å². The average Bonchev–Trinajstić information content (AvgIpc) is 2.42. The van der Waals surface area contributed by atoms with Gasteiger partial charge in [-0.05, 0) is 6.42 Å². The van der Waals surface area contributed by atoms with Crippen LogP contribution < -0.4 is 0 Å². The smallest absolute Gasteiger partial charge is 0.296 e. The van der Waals surface area contributed by atoms with Gasteiger partial charge in [-0.2, -0.15) is 0 Å². The molecule has 0 bridgehead atoms. The lowest BCUT2D eigenvalue weighted by Crippen LogP contribution is -2.43. The molecule has 0 spiro atoms. The first kappa shape index (κ1) is 17.4. The van der Waals surface area contributed by atoms with E-state index in [-0.39, 0.29) is 5.92 Å². The average molecular weight is 256 g/mol. The van der Waals surface area contributed by atoms with Gasteiger partial charge in [0.25, 0.3) is 5.97 Å². The predicted molar refractivity (Wildman–Crippen MR) is 74.1 cm³/mol. The highest BCUT2D eigenvalue weighted by atomic mass is 16.9. The van der Waals surface area contributed by atoms with E-state index in [1.807, 2.05) is 0 Å². The molecule has 0 aliphatic heterocycles. The zero-order valence-corrected chi connectivity index (χ0v) is 12.3. The fourth-order valence-corrected chi connectivity index (χ4v) is 2.17. The maximum Gasteiger partial charge on any atom is 0.296 e. The van der Waals surface area contributed by atoms with Gasteiger partial charge in [-0.1, -0.05) is 51.4 Å². The molecule has 3 nitrogen and oxygen atoms in total. The summed E-state index contributed by atoms with van der Waals surface area (Å²) < 4.78 is 15.9. The summed E-state index contributed by atoms with van der Waals surface area (Å²) in [5.74, 6) is 1.45. The number of unbranched alkanes of at least 4 members (excludes halogenated alkanes) is 5. The summed E-state index contributed by atoms with van der Waals surface area (Å²) >= 11 is 0. The van der Waals surface area contributed by atoms with Crippen molar-refractivity contribution in [2.75, 3.05) is 21.3 Å². The van der Waals surface area contributed by atoms with Crippen LogP contribution in [0, 0.1) is 18.3 Å². The van der Waals surface area contributed by atoms with Crippen LogP contribution in [-0.2, 0) is 14.2 Å². The molecule has 0 saturated carbocycles. The van der Waals surface area contributed by atoms with Crippen LogP contribution in [0.3, 0.4) is 0 Å². The molecule has 0 aromatic rings. The minimum Gasteiger partial charge on any atom is -0.330 e. The van der Waals surface area contributed by atoms with Crippen molar-refractivity contribution < 1.29 is 14.2 Å². The van der Waals surface area contributed by atoms with Crippen LogP contribution in [0.2, 0.25) is 0 Å². The first-order valence-corrected chi connectivity index (χ1v) is 6.82. The van der Waals surface area contributed by atoms with Gasteiger partial charge in [-0.25, -0.2) is 0 Å². The van der Waals surface area contributed by atoms with E-state index in [0.717, 1.165) is 12.8 Å². The van der Waals surface area contributed by atoms with Crippen molar-refractivity contribution in [2.45, 2.75) is 57.8 Å². The zero-order valence-electron chi connectivity index (χ0n) is 12.3. The summed E-state index contributed by atoms with van der Waals surface area (Å²) in [6.45, 7) is 2.22. The number of methoxy groups -OCH3 is 3. The quantitative estimate of drug-likeness (QED) is 0.321. The molecular weight excluding hydrogens is 228 g/mol. The Labute approximate surface area is 112 Å². The molecule has 0 heterocycles. The minimum atomic E-state index is -1.10. The van der Waals surface area contributed by atoms with Crippen LogP contribution in [0.15, 0.2) is 0 Å². The van der Waals surface area contributed by atoms with Crippen LogP contribution >= 0.6 is 0 Å². The lowest BCUT2D eigenvalue weighted by Gasteiger charge is -2.33. The van der Waals surface area contributed by atoms with Gasteiger partial charge in [0.15, 0.2) is 0 Å². The Kier molecular flexibility index (Phi) is 10.0. The third kappa shape index (κ3) is 5.39. The van der Waals surface area contributed by atoms with E-state index in [4.69, 9.17) is 20.6 Å². The van der Waals surface area contributed by atoms with Crippen molar-refractivity contribution >= 4 is 0 Å². The Morgan fingerprint density at radius 1 is 0.944 bits per heavy atom. The van der Waals surface area contributed by atoms with Gasteiger partial charge in [0.05, 0.1) is 0 Å². The van der Waals surface area contributed by atoms with Gasteiger partial charge >= 0.3 is 0 Å². The van der Waals surface area contributed by atoms with Crippen molar-refractivity contribution in [3.8, 4) is 12.3 Å². The van der Waals surface area contributed by atoms with Crippen LogP contribution in [0.25, 0.3) is 0 Å². The molecule has 0 fully saturated rings. The highest BCUT2D eigenvalue weighted by molar-refractivity contribution is 4.97. The van der Waals surface area contributed by atoms with Crippen molar-refractivity contribution in [1.29, 1.82) is 0 Å². The van der Waals surface area contributed by atoms with E-state index in [1.54, 1.807) is 21.3 Å². The number of rotatable bonds is 11. The van der Waals surface area contributed by atoms with Crippen LogP contribution in [0.5, 0.6) is 0 Å². The standard InChI is InChI=1S/C15H28O3/c1-6-8-9-10-11-12-13-14(7-2)15(16-3,17-4)18-5/h2,14H,6,8-13H2,1,3-5H3. The van der Waals surface area contributed by atoms with E-state index in [0.29, 0.717) is 0 Å². The minimum absolute atomic E-state index is 0.177. The molecule has 0 radical (unpaired) electrons. The second-order valence-electron chi connectivity index (χ2n) is 4.49. The molecule has 0 aromatic heterocycles. The Morgan fingerprint density at radius 2 is 1.44 bits per heavy atom. The van der Waals surface area contributed by atoms with Gasteiger partial charge in [0, 0.05) is 21.3 Å². The van der Waals surface area contributed by atoms with Crippen LogP contribution in [-0.4, -0.2) is 27.3 Å². The normalized spacial score (nSPS) is 13.3. The second-order valence-corrected chi connectivity index (χ2v) is 4.49.